The highest BCUT2D eigenvalue weighted by Crippen LogP contribution is 2.41. The molecule has 0 saturated carbocycles. The van der Waals surface area contributed by atoms with Crippen molar-refractivity contribution >= 4 is 0 Å². The molecule has 0 N–H and O–H groups in total. The average molecular weight is 122 g/mol. The van der Waals surface area contributed by atoms with E-state index in [4.69, 9.17) is 0 Å². The van der Waals surface area contributed by atoms with Gasteiger partial charge in [-0.3, -0.25) is 0 Å². The van der Waals surface area contributed by atoms with Gasteiger partial charge in [-0.05, 0) is 24.7 Å². The fourth-order valence-corrected chi connectivity index (χ4v) is 1.66. The maximum absolute atomic E-state index is 4.32. The maximum atomic E-state index is 4.32. The number of nitrogens with zero attached hydrogens (tertiary/aromatic N) is 1. The van der Waals surface area contributed by atoms with Gasteiger partial charge in [0.25, 0.3) is 0 Å². The molecule has 49 valence electrons. The fraction of sp³-hybridized carbons (Fsp3) is 0.750. The third kappa shape index (κ3) is 0.799. The van der Waals surface area contributed by atoms with Crippen LogP contribution in [0.3, 0.4) is 0 Å². The molecule has 0 amide bonds. The third-order valence-electron chi connectivity index (χ3n) is 2.53. The zero-order chi connectivity index (χ0) is 6.16. The molecule has 1 aliphatic carbocycles. The van der Waals surface area contributed by atoms with Gasteiger partial charge in [-0.15, -0.1) is 0 Å². The summed E-state index contributed by atoms with van der Waals surface area (Å²) in [5.41, 5.74) is 0.627. The van der Waals surface area contributed by atoms with Gasteiger partial charge in [0, 0.05) is 13.1 Å². The van der Waals surface area contributed by atoms with Gasteiger partial charge in [-0.1, -0.05) is 12.2 Å². The Morgan fingerprint density at radius 2 is 1.89 bits per heavy atom. The first-order valence-corrected chi connectivity index (χ1v) is 3.72. The Bertz CT molecular complexity index is 132. The average Bonchev–Trinajstić information content (AvgIpc) is 1.87. The first kappa shape index (κ1) is 5.48. The van der Waals surface area contributed by atoms with E-state index in [0.29, 0.717) is 5.41 Å². The first-order valence-electron chi connectivity index (χ1n) is 3.72. The van der Waals surface area contributed by atoms with Gasteiger partial charge >= 0.3 is 0 Å². The van der Waals surface area contributed by atoms with Crippen LogP contribution in [0.5, 0.6) is 0 Å². The van der Waals surface area contributed by atoms with Crippen LogP contribution in [-0.2, 0) is 0 Å². The van der Waals surface area contributed by atoms with Crippen molar-refractivity contribution in [3.05, 3.63) is 12.2 Å². The highest BCUT2D eigenvalue weighted by atomic mass is 14.9. The topological polar surface area (TPSA) is 14.1 Å². The molecule has 1 heterocycles. The Kier molecular flexibility index (Phi) is 1.12. The van der Waals surface area contributed by atoms with Crippen LogP contribution < -0.4 is 5.32 Å². The molecule has 0 aromatic heterocycles. The lowest BCUT2D eigenvalue weighted by atomic mass is 9.70. The zero-order valence-corrected chi connectivity index (χ0v) is 5.64. The molecule has 0 atom stereocenters. The number of rotatable bonds is 0. The molecular weight excluding hydrogens is 110 g/mol. The van der Waals surface area contributed by atoms with Gasteiger partial charge in [-0.25, -0.2) is 5.32 Å². The summed E-state index contributed by atoms with van der Waals surface area (Å²) in [6, 6.07) is 0. The first-order chi connectivity index (χ1) is 4.41. The smallest absolute Gasteiger partial charge is 0.0141 e. The van der Waals surface area contributed by atoms with E-state index in [1.807, 2.05) is 0 Å². The summed E-state index contributed by atoms with van der Waals surface area (Å²) in [6.45, 7) is 2.20. The van der Waals surface area contributed by atoms with E-state index in [2.05, 4.69) is 17.5 Å². The molecule has 1 heteroatoms. The Labute approximate surface area is 56.1 Å². The molecule has 9 heavy (non-hydrogen) atoms. The number of allylic oxidation sites excluding steroid dienone is 2. The van der Waals surface area contributed by atoms with Crippen molar-refractivity contribution < 1.29 is 0 Å². The molecule has 1 saturated heterocycles. The van der Waals surface area contributed by atoms with Crippen LogP contribution in [0.2, 0.25) is 0 Å². The predicted octanol–water partition coefficient (Wildman–Crippen LogP) is 1.33. The largest absolute Gasteiger partial charge is 0.242 e. The summed E-state index contributed by atoms with van der Waals surface area (Å²) in [6.07, 6.45) is 8.60. The van der Waals surface area contributed by atoms with E-state index in [0.717, 1.165) is 13.1 Å². The molecule has 0 bridgehead atoms. The molecule has 1 aliphatic heterocycles. The fourth-order valence-electron chi connectivity index (χ4n) is 1.66. The molecule has 1 fully saturated rings. The highest BCUT2D eigenvalue weighted by Gasteiger charge is 2.32. The van der Waals surface area contributed by atoms with Crippen molar-refractivity contribution in [3.63, 3.8) is 0 Å². The Morgan fingerprint density at radius 3 is 2.22 bits per heavy atom. The molecule has 1 radical (unpaired) electrons. The molecule has 0 unspecified atom stereocenters. The van der Waals surface area contributed by atoms with E-state index >= 15 is 0 Å². The van der Waals surface area contributed by atoms with Crippen LogP contribution >= 0.6 is 0 Å². The molecule has 1 spiro atoms. The van der Waals surface area contributed by atoms with Crippen LogP contribution in [0.4, 0.5) is 0 Å². The zero-order valence-electron chi connectivity index (χ0n) is 5.64. The molecule has 2 rings (SSSR count). The molecule has 1 nitrogen and oxygen atoms in total. The SMILES string of the molecule is C1=CC2(C1)CC[N]CC2. The van der Waals surface area contributed by atoms with Crippen LogP contribution in [-0.4, -0.2) is 13.1 Å². The van der Waals surface area contributed by atoms with Gasteiger partial charge in [0.05, 0.1) is 0 Å². The number of hydrogen-bond acceptors (Lipinski definition) is 0. The minimum atomic E-state index is 0.627. The summed E-state index contributed by atoms with van der Waals surface area (Å²) in [7, 11) is 0. The second-order valence-electron chi connectivity index (χ2n) is 3.14. The van der Waals surface area contributed by atoms with Crippen molar-refractivity contribution in [2.75, 3.05) is 13.1 Å². The second-order valence-corrected chi connectivity index (χ2v) is 3.14. The maximum Gasteiger partial charge on any atom is 0.0141 e. The van der Waals surface area contributed by atoms with E-state index in [-0.39, 0.29) is 0 Å². The second kappa shape index (κ2) is 1.84. The van der Waals surface area contributed by atoms with E-state index in [1.165, 1.54) is 19.3 Å². The number of hydrogen-bond donors (Lipinski definition) is 0. The lowest BCUT2D eigenvalue weighted by Crippen LogP contribution is -2.34. The summed E-state index contributed by atoms with van der Waals surface area (Å²) in [4.78, 5) is 0. The van der Waals surface area contributed by atoms with E-state index in [1.54, 1.807) is 0 Å². The Balaban J connectivity index is 2.02. The van der Waals surface area contributed by atoms with Crippen LogP contribution in [0, 0.1) is 5.41 Å². The Hall–Kier alpha value is -0.300. The lowest BCUT2D eigenvalue weighted by Gasteiger charge is -2.38. The van der Waals surface area contributed by atoms with Crippen LogP contribution in [0.25, 0.3) is 0 Å². The highest BCUT2D eigenvalue weighted by molar-refractivity contribution is 5.13. The van der Waals surface area contributed by atoms with Crippen LogP contribution in [0.1, 0.15) is 19.3 Å². The van der Waals surface area contributed by atoms with Gasteiger partial charge in [-0.2, -0.15) is 0 Å². The van der Waals surface area contributed by atoms with Crippen LogP contribution in [0.15, 0.2) is 12.2 Å². The minimum Gasteiger partial charge on any atom is -0.242 e. The lowest BCUT2D eigenvalue weighted by molar-refractivity contribution is 0.247. The predicted molar refractivity (Wildman–Crippen MR) is 37.3 cm³/mol. The quantitative estimate of drug-likeness (QED) is 0.430. The van der Waals surface area contributed by atoms with Gasteiger partial charge in [0.1, 0.15) is 0 Å². The van der Waals surface area contributed by atoms with Crippen molar-refractivity contribution in [3.8, 4) is 0 Å². The normalized spacial score (nSPS) is 30.2. The standard InChI is InChI=1S/C8H12N/c1-2-8(3-1)4-6-9-7-5-8/h1-2H,3-7H2. The summed E-state index contributed by atoms with van der Waals surface area (Å²) in [5, 5.41) is 4.32. The minimum absolute atomic E-state index is 0.627. The monoisotopic (exact) mass is 122 g/mol. The van der Waals surface area contributed by atoms with Crippen molar-refractivity contribution in [1.82, 2.24) is 5.32 Å². The van der Waals surface area contributed by atoms with E-state index in [9.17, 15) is 0 Å². The van der Waals surface area contributed by atoms with Crippen molar-refractivity contribution in [2.24, 2.45) is 5.41 Å². The van der Waals surface area contributed by atoms with Crippen molar-refractivity contribution in [2.45, 2.75) is 19.3 Å². The summed E-state index contributed by atoms with van der Waals surface area (Å²) >= 11 is 0. The number of piperidine rings is 1. The molecular formula is C8H12N. The molecule has 0 aromatic rings. The molecule has 0 aromatic carbocycles. The van der Waals surface area contributed by atoms with E-state index < -0.39 is 0 Å². The van der Waals surface area contributed by atoms with Gasteiger partial charge in [0.2, 0.25) is 0 Å². The van der Waals surface area contributed by atoms with Gasteiger partial charge in [0.15, 0.2) is 0 Å². The Morgan fingerprint density at radius 1 is 1.22 bits per heavy atom. The molecule has 2 aliphatic rings. The van der Waals surface area contributed by atoms with Gasteiger partial charge < -0.3 is 0 Å². The summed E-state index contributed by atoms with van der Waals surface area (Å²) < 4.78 is 0. The van der Waals surface area contributed by atoms with Crippen molar-refractivity contribution in [1.29, 1.82) is 0 Å². The summed E-state index contributed by atoms with van der Waals surface area (Å²) in [5.74, 6) is 0. The third-order valence-corrected chi connectivity index (χ3v) is 2.53.